The number of aromatic nitrogens is 2. The molecule has 0 saturated heterocycles. The number of hydrogen-bond donors (Lipinski definition) is 1. The van der Waals surface area contributed by atoms with Crippen LogP contribution in [0.25, 0.3) is 38.8 Å². The smallest absolute Gasteiger partial charge is 0.137 e. The minimum Gasteiger partial charge on any atom is -0.381 e. The lowest BCUT2D eigenvalue weighted by Crippen LogP contribution is -2.14. The summed E-state index contributed by atoms with van der Waals surface area (Å²) < 4.78 is 2.24. The first kappa shape index (κ1) is 17.7. The minimum atomic E-state index is 0.234. The van der Waals surface area contributed by atoms with Gasteiger partial charge in [-0.1, -0.05) is 66.7 Å². The van der Waals surface area contributed by atoms with Crippen molar-refractivity contribution in [3.05, 3.63) is 121 Å². The van der Waals surface area contributed by atoms with Crippen molar-refractivity contribution >= 4 is 21.8 Å². The molecular weight excluding hydrogens is 378 g/mol. The average Bonchev–Trinajstić information content (AvgIpc) is 3.19. The van der Waals surface area contributed by atoms with Gasteiger partial charge in [0.1, 0.15) is 5.82 Å². The Morgan fingerprint density at radius 2 is 1.52 bits per heavy atom. The van der Waals surface area contributed by atoms with Crippen molar-refractivity contribution in [2.24, 2.45) is 0 Å². The van der Waals surface area contributed by atoms with Crippen LogP contribution in [-0.4, -0.2) is 9.55 Å². The highest BCUT2D eigenvalue weighted by Crippen LogP contribution is 2.34. The summed E-state index contributed by atoms with van der Waals surface area (Å²) in [5.41, 5.74) is 6.04. The van der Waals surface area contributed by atoms with Crippen LogP contribution in [0.15, 0.2) is 116 Å². The second-order valence-corrected chi connectivity index (χ2v) is 7.78. The first-order chi connectivity index (χ1) is 15.4. The topological polar surface area (TPSA) is 29.9 Å². The molecule has 5 aromatic rings. The lowest BCUT2D eigenvalue weighted by Gasteiger charge is -2.16. The van der Waals surface area contributed by atoms with Crippen molar-refractivity contribution in [3.8, 4) is 16.9 Å². The molecule has 1 atom stereocenters. The molecule has 6 rings (SSSR count). The van der Waals surface area contributed by atoms with Gasteiger partial charge in [-0.3, -0.25) is 4.57 Å². The summed E-state index contributed by atoms with van der Waals surface area (Å²) in [6.45, 7) is 0. The van der Waals surface area contributed by atoms with Gasteiger partial charge in [0, 0.05) is 17.0 Å². The van der Waals surface area contributed by atoms with Crippen LogP contribution in [0.3, 0.4) is 0 Å². The highest BCUT2D eigenvalue weighted by atomic mass is 15.1. The van der Waals surface area contributed by atoms with E-state index in [0.717, 1.165) is 5.82 Å². The lowest BCUT2D eigenvalue weighted by atomic mass is 9.98. The average molecular weight is 399 g/mol. The Morgan fingerprint density at radius 1 is 0.710 bits per heavy atom. The Labute approximate surface area is 181 Å². The van der Waals surface area contributed by atoms with Gasteiger partial charge in [0.2, 0.25) is 0 Å². The molecule has 1 aliphatic rings. The van der Waals surface area contributed by atoms with Crippen molar-refractivity contribution in [2.45, 2.75) is 6.04 Å². The van der Waals surface area contributed by atoms with Gasteiger partial charge in [-0.25, -0.2) is 4.98 Å². The summed E-state index contributed by atoms with van der Waals surface area (Å²) in [7, 11) is 0. The van der Waals surface area contributed by atoms with Gasteiger partial charge in [0.15, 0.2) is 0 Å². The molecule has 1 N–H and O–H groups in total. The van der Waals surface area contributed by atoms with Crippen LogP contribution in [0, 0.1) is 0 Å². The molecule has 3 heterocycles. The van der Waals surface area contributed by atoms with Crippen LogP contribution in [-0.2, 0) is 0 Å². The zero-order valence-electron chi connectivity index (χ0n) is 16.9. The highest BCUT2D eigenvalue weighted by Gasteiger charge is 2.14. The van der Waals surface area contributed by atoms with Gasteiger partial charge in [-0.05, 0) is 59.3 Å². The van der Waals surface area contributed by atoms with Crippen molar-refractivity contribution in [3.63, 3.8) is 0 Å². The summed E-state index contributed by atoms with van der Waals surface area (Å²) in [5.74, 6) is 0.938. The van der Waals surface area contributed by atoms with Crippen molar-refractivity contribution in [1.29, 1.82) is 0 Å². The SMILES string of the molecule is C1=CNC(c2ccc(-c3ccc4c(c3)c3ccccc3n4-c3ccccn3)cc2)C=C1. The van der Waals surface area contributed by atoms with Gasteiger partial charge in [0.25, 0.3) is 0 Å². The van der Waals surface area contributed by atoms with E-state index in [-0.39, 0.29) is 6.04 Å². The van der Waals surface area contributed by atoms with Crippen LogP contribution in [0.1, 0.15) is 11.6 Å². The third-order valence-corrected chi connectivity index (χ3v) is 5.94. The fourth-order valence-electron chi connectivity index (χ4n) is 4.42. The van der Waals surface area contributed by atoms with Crippen LogP contribution in [0.2, 0.25) is 0 Å². The van der Waals surface area contributed by atoms with Gasteiger partial charge >= 0.3 is 0 Å². The summed E-state index contributed by atoms with van der Waals surface area (Å²) >= 11 is 0. The fraction of sp³-hybridized carbons (Fsp3) is 0.0357. The molecule has 0 amide bonds. The summed E-state index contributed by atoms with van der Waals surface area (Å²) in [6.07, 6.45) is 10.1. The van der Waals surface area contributed by atoms with E-state index in [9.17, 15) is 0 Å². The van der Waals surface area contributed by atoms with Gasteiger partial charge in [0.05, 0.1) is 17.1 Å². The molecule has 3 heteroatoms. The van der Waals surface area contributed by atoms with E-state index in [2.05, 4.69) is 99.8 Å². The number of fused-ring (bicyclic) bond motifs is 3. The fourth-order valence-corrected chi connectivity index (χ4v) is 4.42. The van der Waals surface area contributed by atoms with E-state index in [4.69, 9.17) is 0 Å². The molecule has 0 spiro atoms. The Balaban J connectivity index is 1.47. The summed E-state index contributed by atoms with van der Waals surface area (Å²) in [4.78, 5) is 4.60. The number of rotatable bonds is 3. The van der Waals surface area contributed by atoms with Crippen molar-refractivity contribution in [1.82, 2.24) is 14.9 Å². The van der Waals surface area contributed by atoms with E-state index in [1.165, 1.54) is 38.5 Å². The summed E-state index contributed by atoms with van der Waals surface area (Å²) in [5, 5.41) is 5.86. The van der Waals surface area contributed by atoms with E-state index >= 15 is 0 Å². The van der Waals surface area contributed by atoms with Crippen LogP contribution < -0.4 is 5.32 Å². The monoisotopic (exact) mass is 399 g/mol. The molecular formula is C28H21N3. The van der Waals surface area contributed by atoms with Gasteiger partial charge in [-0.2, -0.15) is 0 Å². The van der Waals surface area contributed by atoms with E-state index < -0.39 is 0 Å². The normalized spacial score (nSPS) is 15.4. The zero-order valence-corrected chi connectivity index (χ0v) is 16.9. The lowest BCUT2D eigenvalue weighted by molar-refractivity contribution is 0.746. The predicted molar refractivity (Wildman–Crippen MR) is 128 cm³/mol. The molecule has 1 aliphatic heterocycles. The zero-order chi connectivity index (χ0) is 20.6. The number of benzene rings is 3. The molecule has 31 heavy (non-hydrogen) atoms. The predicted octanol–water partition coefficient (Wildman–Crippen LogP) is 6.56. The maximum atomic E-state index is 4.60. The van der Waals surface area contributed by atoms with Crippen molar-refractivity contribution in [2.75, 3.05) is 0 Å². The third kappa shape index (κ3) is 3.03. The number of dihydropyridines is 1. The Bertz CT molecular complexity index is 1440. The first-order valence-electron chi connectivity index (χ1n) is 10.5. The van der Waals surface area contributed by atoms with E-state index in [1.807, 2.05) is 30.6 Å². The number of para-hydroxylation sites is 1. The van der Waals surface area contributed by atoms with Crippen molar-refractivity contribution < 1.29 is 0 Å². The second kappa shape index (κ2) is 7.29. The molecule has 0 saturated carbocycles. The van der Waals surface area contributed by atoms with E-state index in [1.54, 1.807) is 0 Å². The largest absolute Gasteiger partial charge is 0.381 e. The molecule has 0 fully saturated rings. The molecule has 3 nitrogen and oxygen atoms in total. The van der Waals surface area contributed by atoms with E-state index in [0.29, 0.717) is 0 Å². The quantitative estimate of drug-likeness (QED) is 0.372. The Hall–Kier alpha value is -4.11. The second-order valence-electron chi connectivity index (χ2n) is 7.78. The minimum absolute atomic E-state index is 0.234. The molecule has 0 bridgehead atoms. The number of pyridine rings is 1. The van der Waals surface area contributed by atoms with Gasteiger partial charge < -0.3 is 5.32 Å². The standard InChI is InChI=1S/C28H21N3/c1-2-9-26-23(7-1)24-19-22(15-16-27(24)31(26)28-10-4-6-18-30-28)20-11-13-21(14-12-20)25-8-3-5-17-29-25/h1-19,25,29H. The molecule has 0 radical (unpaired) electrons. The molecule has 0 aliphatic carbocycles. The number of allylic oxidation sites excluding steroid dienone is 2. The molecule has 148 valence electrons. The maximum Gasteiger partial charge on any atom is 0.137 e. The molecule has 2 aromatic heterocycles. The summed E-state index contributed by atoms with van der Waals surface area (Å²) in [6, 6.07) is 30.4. The highest BCUT2D eigenvalue weighted by molar-refractivity contribution is 6.10. The van der Waals surface area contributed by atoms with Crippen LogP contribution >= 0.6 is 0 Å². The van der Waals surface area contributed by atoms with Crippen LogP contribution in [0.4, 0.5) is 0 Å². The molecule has 3 aromatic carbocycles. The Kier molecular flexibility index (Phi) is 4.17. The maximum absolute atomic E-state index is 4.60. The number of nitrogens with zero attached hydrogens (tertiary/aromatic N) is 2. The number of hydrogen-bond acceptors (Lipinski definition) is 2. The third-order valence-electron chi connectivity index (χ3n) is 5.94. The number of nitrogens with one attached hydrogen (secondary N) is 1. The Morgan fingerprint density at radius 3 is 2.32 bits per heavy atom. The van der Waals surface area contributed by atoms with Gasteiger partial charge in [-0.15, -0.1) is 0 Å². The first-order valence-corrected chi connectivity index (χ1v) is 10.5. The van der Waals surface area contributed by atoms with Crippen LogP contribution in [0.5, 0.6) is 0 Å². The molecule has 1 unspecified atom stereocenters.